The van der Waals surface area contributed by atoms with Gasteiger partial charge in [0.2, 0.25) is 0 Å². The molecule has 0 unspecified atom stereocenters. The van der Waals surface area contributed by atoms with Crippen LogP contribution in [-0.2, 0) is 6.18 Å². The van der Waals surface area contributed by atoms with Crippen LogP contribution in [0, 0.1) is 32.8 Å². The molecule has 0 amide bonds. The molecule has 0 fully saturated rings. The molecule has 0 aliphatic rings. The van der Waals surface area contributed by atoms with Crippen LogP contribution in [0.2, 0.25) is 0 Å². The molecule has 200 valence electrons. The molecule has 40 heavy (non-hydrogen) atoms. The number of nitriles is 2. The maximum Gasteiger partial charge on any atom is 0.423 e. The van der Waals surface area contributed by atoms with Crippen molar-refractivity contribution in [1.82, 2.24) is 9.78 Å². The number of nitrogens with two attached hydrogens (primary N) is 1. The summed E-state index contributed by atoms with van der Waals surface area (Å²) >= 11 is 0. The minimum atomic E-state index is -4.98. The Balaban J connectivity index is 1.71. The van der Waals surface area contributed by atoms with Crippen molar-refractivity contribution < 1.29 is 27.6 Å². The summed E-state index contributed by atoms with van der Waals surface area (Å²) in [4.78, 5) is 9.88. The fourth-order valence-corrected chi connectivity index (χ4v) is 3.77. The number of benzene rings is 3. The Kier molecular flexibility index (Phi) is 7.41. The van der Waals surface area contributed by atoms with Gasteiger partial charge < -0.3 is 15.2 Å². The Morgan fingerprint density at radius 3 is 2.42 bits per heavy atom. The number of hydrogen-bond acceptors (Lipinski definition) is 8. The molecule has 4 rings (SSSR count). The summed E-state index contributed by atoms with van der Waals surface area (Å²) in [6.45, 7) is 0. The molecule has 10 nitrogen and oxygen atoms in total. The van der Waals surface area contributed by atoms with E-state index in [1.165, 1.54) is 36.1 Å². The van der Waals surface area contributed by atoms with Crippen molar-refractivity contribution in [1.29, 1.82) is 10.5 Å². The third kappa shape index (κ3) is 5.39. The number of aromatic nitrogens is 2. The number of rotatable bonds is 7. The highest BCUT2D eigenvalue weighted by Gasteiger charge is 2.38. The molecule has 4 aromatic rings. The van der Waals surface area contributed by atoms with Crippen LogP contribution in [-0.4, -0.2) is 21.8 Å². The van der Waals surface area contributed by atoms with Gasteiger partial charge in [-0.25, -0.2) is 4.68 Å². The van der Waals surface area contributed by atoms with Crippen LogP contribution in [0.3, 0.4) is 0 Å². The Morgan fingerprint density at radius 1 is 1.10 bits per heavy atom. The lowest BCUT2D eigenvalue weighted by molar-refractivity contribution is -0.388. The van der Waals surface area contributed by atoms with Gasteiger partial charge in [0.1, 0.15) is 40.5 Å². The Labute approximate surface area is 224 Å². The van der Waals surface area contributed by atoms with Crippen LogP contribution < -0.4 is 15.2 Å². The molecule has 0 spiro atoms. The lowest BCUT2D eigenvalue weighted by atomic mass is 10.1. The average molecular weight is 546 g/mol. The maximum absolute atomic E-state index is 13.3. The standard InChI is InChI=1S/C27H17F3N6O4/c1-39-24-12-16(7-10-23(24)40-19-8-9-22(36(37)38)21(13-19)27(28,29)30)11-17(14-31)25-20(15-32)26(33)35(34-25)18-5-3-2-4-6-18/h2-13H,33H2,1H3. The number of nitro groups is 1. The predicted molar refractivity (Wildman–Crippen MR) is 137 cm³/mol. The third-order valence-corrected chi connectivity index (χ3v) is 5.61. The molecule has 0 bridgehead atoms. The Morgan fingerprint density at radius 2 is 1.82 bits per heavy atom. The number of allylic oxidation sites excluding steroid dienone is 1. The summed E-state index contributed by atoms with van der Waals surface area (Å²) in [5, 5.41) is 34.9. The van der Waals surface area contributed by atoms with Gasteiger partial charge in [0.25, 0.3) is 5.69 Å². The Bertz CT molecular complexity index is 1720. The minimum Gasteiger partial charge on any atom is -0.493 e. The summed E-state index contributed by atoms with van der Waals surface area (Å²) in [7, 11) is 1.30. The molecular weight excluding hydrogens is 529 g/mol. The summed E-state index contributed by atoms with van der Waals surface area (Å²) in [6, 6.07) is 19.4. The molecule has 0 atom stereocenters. The van der Waals surface area contributed by atoms with Crippen LogP contribution in [0.4, 0.5) is 24.7 Å². The Hall–Kier alpha value is -5.82. The van der Waals surface area contributed by atoms with Crippen molar-refractivity contribution >= 4 is 23.2 Å². The largest absolute Gasteiger partial charge is 0.493 e. The molecule has 0 aliphatic heterocycles. The van der Waals surface area contributed by atoms with Crippen LogP contribution in [0.15, 0.2) is 66.7 Å². The second-order valence-corrected chi connectivity index (χ2v) is 8.08. The van der Waals surface area contributed by atoms with E-state index in [2.05, 4.69) is 5.10 Å². The fourth-order valence-electron chi connectivity index (χ4n) is 3.77. The van der Waals surface area contributed by atoms with Crippen LogP contribution in [0.1, 0.15) is 22.4 Å². The second kappa shape index (κ2) is 10.9. The van der Waals surface area contributed by atoms with Crippen molar-refractivity contribution in [3.05, 3.63) is 99.2 Å². The number of halogens is 3. The summed E-state index contributed by atoms with van der Waals surface area (Å²) in [6.07, 6.45) is -3.55. The van der Waals surface area contributed by atoms with Gasteiger partial charge >= 0.3 is 6.18 Å². The van der Waals surface area contributed by atoms with E-state index >= 15 is 0 Å². The second-order valence-electron chi connectivity index (χ2n) is 8.08. The van der Waals surface area contributed by atoms with E-state index < -0.39 is 22.4 Å². The highest BCUT2D eigenvalue weighted by atomic mass is 19.4. The zero-order chi connectivity index (χ0) is 29.0. The zero-order valence-electron chi connectivity index (χ0n) is 20.5. The SMILES string of the molecule is COc1cc(C=C(C#N)c2nn(-c3ccccc3)c(N)c2C#N)ccc1Oc1ccc([N+](=O)[O-])c(C(F)(F)F)c1. The first-order valence-electron chi connectivity index (χ1n) is 11.2. The van der Waals surface area contributed by atoms with E-state index in [0.29, 0.717) is 23.4 Å². The molecule has 0 saturated heterocycles. The van der Waals surface area contributed by atoms with Gasteiger partial charge in [-0.2, -0.15) is 28.8 Å². The van der Waals surface area contributed by atoms with Gasteiger partial charge in [0, 0.05) is 6.07 Å². The van der Waals surface area contributed by atoms with Crippen molar-refractivity contribution in [3.8, 4) is 35.1 Å². The van der Waals surface area contributed by atoms with Crippen molar-refractivity contribution in [3.63, 3.8) is 0 Å². The van der Waals surface area contributed by atoms with E-state index in [4.69, 9.17) is 15.2 Å². The molecule has 1 heterocycles. The monoisotopic (exact) mass is 546 g/mol. The molecule has 2 N–H and O–H groups in total. The van der Waals surface area contributed by atoms with Crippen molar-refractivity contribution in [2.45, 2.75) is 6.18 Å². The molecule has 13 heteroatoms. The highest BCUT2D eigenvalue weighted by molar-refractivity contribution is 5.91. The highest BCUT2D eigenvalue weighted by Crippen LogP contribution is 2.40. The molecule has 0 radical (unpaired) electrons. The number of ether oxygens (including phenoxy) is 2. The van der Waals surface area contributed by atoms with E-state index in [9.17, 15) is 33.8 Å². The first-order chi connectivity index (χ1) is 19.1. The van der Waals surface area contributed by atoms with Gasteiger partial charge in [0.05, 0.1) is 23.3 Å². The van der Waals surface area contributed by atoms with Gasteiger partial charge in [-0.15, -0.1) is 0 Å². The van der Waals surface area contributed by atoms with Crippen molar-refractivity contribution in [2.75, 3.05) is 12.8 Å². The lowest BCUT2D eigenvalue weighted by Gasteiger charge is -2.13. The lowest BCUT2D eigenvalue weighted by Crippen LogP contribution is -2.09. The summed E-state index contributed by atoms with van der Waals surface area (Å²) < 4.78 is 52.2. The summed E-state index contributed by atoms with van der Waals surface area (Å²) in [5.41, 5.74) is 4.63. The smallest absolute Gasteiger partial charge is 0.423 e. The number of nitro benzene ring substituents is 1. The van der Waals surface area contributed by atoms with E-state index in [0.717, 1.165) is 6.07 Å². The number of alkyl halides is 3. The predicted octanol–water partition coefficient (Wildman–Crippen LogP) is 6.12. The minimum absolute atomic E-state index is 0.00205. The fraction of sp³-hybridized carbons (Fsp3) is 0.0741. The van der Waals surface area contributed by atoms with Crippen LogP contribution in [0.5, 0.6) is 17.2 Å². The van der Waals surface area contributed by atoms with Gasteiger partial charge in [-0.3, -0.25) is 10.1 Å². The maximum atomic E-state index is 13.3. The number of methoxy groups -OCH3 is 1. The van der Waals surface area contributed by atoms with E-state index in [-0.39, 0.29) is 39.9 Å². The van der Waals surface area contributed by atoms with E-state index in [1.54, 1.807) is 30.3 Å². The topological polar surface area (TPSA) is 153 Å². The van der Waals surface area contributed by atoms with Gasteiger partial charge in [0.15, 0.2) is 11.5 Å². The molecule has 0 saturated carbocycles. The first-order valence-corrected chi connectivity index (χ1v) is 11.2. The molecular formula is C27H17F3N6O4. The van der Waals surface area contributed by atoms with Crippen molar-refractivity contribution in [2.24, 2.45) is 0 Å². The molecule has 1 aromatic heterocycles. The zero-order valence-corrected chi connectivity index (χ0v) is 20.5. The number of nitrogens with zero attached hydrogens (tertiary/aromatic N) is 5. The van der Waals surface area contributed by atoms with Gasteiger partial charge in [-0.05, 0) is 48.0 Å². The van der Waals surface area contributed by atoms with Gasteiger partial charge in [-0.1, -0.05) is 24.3 Å². The molecule has 0 aliphatic carbocycles. The number of hydrogen-bond donors (Lipinski definition) is 1. The number of anilines is 1. The number of nitrogen functional groups attached to an aromatic ring is 1. The first kappa shape index (κ1) is 27.2. The van der Waals surface area contributed by atoms with Crippen LogP contribution >= 0.6 is 0 Å². The normalized spacial score (nSPS) is 11.4. The summed E-state index contributed by atoms with van der Waals surface area (Å²) in [5.74, 6) is -0.159. The third-order valence-electron chi connectivity index (χ3n) is 5.61. The quantitative estimate of drug-likeness (QED) is 0.165. The average Bonchev–Trinajstić information content (AvgIpc) is 3.27. The molecule has 3 aromatic carbocycles. The number of para-hydroxylation sites is 1. The van der Waals surface area contributed by atoms with Crippen LogP contribution in [0.25, 0.3) is 17.3 Å². The van der Waals surface area contributed by atoms with E-state index in [1.807, 2.05) is 12.1 Å².